The maximum Gasteiger partial charge on any atom is 2.00 e. The molecule has 3 nitrogen and oxygen atoms in total. The Labute approximate surface area is 117 Å². The molecule has 0 spiro atoms. The van der Waals surface area contributed by atoms with Gasteiger partial charge >= 0.3 is 75.5 Å². The van der Waals surface area contributed by atoms with Crippen molar-refractivity contribution in [3.63, 3.8) is 0 Å². The molecule has 48 valence electrons. The van der Waals surface area contributed by atoms with Gasteiger partial charge in [0.1, 0.15) is 0 Å². The maximum absolute atomic E-state index is 9.00. The van der Waals surface area contributed by atoms with Crippen molar-refractivity contribution < 1.29 is 15.4 Å². The van der Waals surface area contributed by atoms with Crippen LogP contribution >= 0.6 is 0 Å². The summed E-state index contributed by atoms with van der Waals surface area (Å²) < 4.78 is 0. The summed E-state index contributed by atoms with van der Waals surface area (Å²) in [7, 11) is 0. The van der Waals surface area contributed by atoms with E-state index in [0.29, 0.717) is 0 Å². The molecule has 0 radical (unpaired) electrons. The molecule has 5 heteroatoms. The van der Waals surface area contributed by atoms with E-state index >= 15 is 0 Å². The van der Waals surface area contributed by atoms with Crippen molar-refractivity contribution in [3.05, 3.63) is 14.9 Å². The first-order valence-corrected chi connectivity index (χ1v) is 0.928. The largest absolute Gasteiger partial charge is 2.00 e. The molecule has 2 N–H and O–H groups in total. The molecule has 0 aromatic rings. The summed E-state index contributed by atoms with van der Waals surface area (Å²) in [5.74, 6) is -0.833. The second-order valence-corrected chi connectivity index (χ2v) is 0.519. The van der Waals surface area contributed by atoms with E-state index in [1.807, 2.05) is 0 Å². The zero-order chi connectivity index (χ0) is 3.58. The first kappa shape index (κ1) is 44.2. The van der Waals surface area contributed by atoms with Crippen molar-refractivity contribution in [2.24, 2.45) is 0 Å². The second-order valence-electron chi connectivity index (χ2n) is 0.519. The molecule has 0 bridgehead atoms. The molecular formula is C4H11Ca2O3+. The molecule has 0 saturated carbocycles. The van der Waals surface area contributed by atoms with Crippen LogP contribution in [-0.4, -0.2) is 91.7 Å². The van der Waals surface area contributed by atoms with E-state index < -0.39 is 5.97 Å². The molecule has 0 aliphatic rings. The third-order valence-corrected chi connectivity index (χ3v) is 0. The van der Waals surface area contributed by atoms with Gasteiger partial charge in [-0.05, 0) is 0 Å². The zero-order valence-electron chi connectivity index (χ0n) is 6.22. The van der Waals surface area contributed by atoms with Gasteiger partial charge in [-0.1, -0.05) is 0 Å². The molecule has 0 aromatic carbocycles. The maximum atomic E-state index is 9.00. The van der Waals surface area contributed by atoms with Crippen LogP contribution in [0, 0.1) is 14.9 Å². The van der Waals surface area contributed by atoms with Crippen molar-refractivity contribution >= 4 is 81.4 Å². The van der Waals surface area contributed by atoms with Gasteiger partial charge in [-0.3, -0.25) is 5.11 Å². The van der Waals surface area contributed by atoms with Crippen LogP contribution in [0.2, 0.25) is 0 Å². The van der Waals surface area contributed by atoms with Gasteiger partial charge in [-0.25, -0.2) is 0 Å². The van der Waals surface area contributed by atoms with Crippen LogP contribution in [0.1, 0.15) is 6.92 Å². The molecule has 0 fully saturated rings. The summed E-state index contributed by atoms with van der Waals surface area (Å²) in [6.07, 6.45) is 0. The third kappa shape index (κ3) is 165. The van der Waals surface area contributed by atoms with Gasteiger partial charge in [0, 0.05) is 6.92 Å². The van der Waals surface area contributed by atoms with Crippen molar-refractivity contribution in [1.82, 2.24) is 0 Å². The smallest absolute Gasteiger partial charge is 0.870 e. The third-order valence-electron chi connectivity index (χ3n) is 0. The fraction of sp³-hybridized carbons (Fsp3) is 0.250. The SMILES string of the molecule is CC([O-])=[OH+].[CH3-].[CH3-].[Ca+2].[Ca+2].[OH-]. The number of hydrogen-bond acceptors (Lipinski definition) is 2. The first-order chi connectivity index (χ1) is 1.73. The van der Waals surface area contributed by atoms with Gasteiger partial charge in [0.25, 0.3) is 5.97 Å². The Kier molecular flexibility index (Phi) is 160. The summed E-state index contributed by atoms with van der Waals surface area (Å²) in [4.78, 5) is 7.42. The molecule has 0 atom stereocenters. The van der Waals surface area contributed by atoms with Gasteiger partial charge < -0.3 is 25.1 Å². The fourth-order valence-corrected chi connectivity index (χ4v) is 0. The normalized spacial score (nSPS) is 2.78. The van der Waals surface area contributed by atoms with E-state index in [1.165, 1.54) is 0 Å². The molecule has 0 aliphatic heterocycles. The Balaban J connectivity index is -0.00000000450. The summed E-state index contributed by atoms with van der Waals surface area (Å²) >= 11 is 0. The van der Waals surface area contributed by atoms with E-state index in [9.17, 15) is 0 Å². The molecule has 0 saturated heterocycles. The monoisotopic (exact) mass is 187 g/mol. The van der Waals surface area contributed by atoms with Crippen LogP contribution in [0.3, 0.4) is 0 Å². The van der Waals surface area contributed by atoms with Gasteiger partial charge in [-0.15, -0.1) is 0 Å². The predicted octanol–water partition coefficient (Wildman–Crippen LogP) is -1.31. The van der Waals surface area contributed by atoms with Crippen molar-refractivity contribution in [2.45, 2.75) is 6.92 Å². The van der Waals surface area contributed by atoms with E-state index in [0.717, 1.165) is 6.92 Å². The van der Waals surface area contributed by atoms with Crippen LogP contribution in [0.25, 0.3) is 0 Å². The number of carboxylic acids is 1. The van der Waals surface area contributed by atoms with Crippen LogP contribution < -0.4 is 5.11 Å². The molecule has 0 aromatic heterocycles. The zero-order valence-corrected chi connectivity index (χ0v) is 10.6. The Bertz CT molecular complexity index is 36.8. The first-order valence-electron chi connectivity index (χ1n) is 0.928. The molecule has 0 aliphatic carbocycles. The number of carbonyl (C=O) groups excluding carboxylic acids is 1. The standard InChI is InChI=1S/C2H4O2.2CH3.2Ca.H2O/c1-2(3)4;;;;;/h1H3,(H,3,4);2*1H3;;;1H2/q;2*-1;2*+2;/p-1. The predicted molar refractivity (Wildman–Crippen MR) is 38.9 cm³/mol. The van der Waals surface area contributed by atoms with Crippen LogP contribution in [0.15, 0.2) is 0 Å². The molecule has 0 heterocycles. The Morgan fingerprint density at radius 3 is 1.22 bits per heavy atom. The molecular weight excluding hydrogens is 176 g/mol. The van der Waals surface area contributed by atoms with Crippen molar-refractivity contribution in [3.8, 4) is 0 Å². The topological polar surface area (TPSA) is 74.5 Å². The van der Waals surface area contributed by atoms with E-state index in [1.54, 1.807) is 0 Å². The van der Waals surface area contributed by atoms with Crippen LogP contribution in [0.5, 0.6) is 0 Å². The van der Waals surface area contributed by atoms with Crippen molar-refractivity contribution in [1.29, 1.82) is 0 Å². The number of hydrogen-bond donors (Lipinski definition) is 0. The van der Waals surface area contributed by atoms with E-state index in [4.69, 9.17) is 9.90 Å². The minimum absolute atomic E-state index is 0. The van der Waals surface area contributed by atoms with Gasteiger partial charge in [0.2, 0.25) is 0 Å². The quantitative estimate of drug-likeness (QED) is 0.268. The number of carboxylic acid groups (broad SMARTS) is 1. The van der Waals surface area contributed by atoms with Crippen LogP contribution in [-0.2, 0) is 0 Å². The van der Waals surface area contributed by atoms with E-state index in [-0.39, 0.29) is 95.8 Å². The average Bonchev–Trinajstić information content (AvgIpc) is 0.811. The Hall–Kier alpha value is 1.95. The molecule has 9 heavy (non-hydrogen) atoms. The minimum atomic E-state index is -0.833. The Morgan fingerprint density at radius 2 is 1.22 bits per heavy atom. The average molecular weight is 187 g/mol. The fourth-order valence-electron chi connectivity index (χ4n) is 0. The van der Waals surface area contributed by atoms with Gasteiger partial charge in [0.15, 0.2) is 0 Å². The Morgan fingerprint density at radius 1 is 1.22 bits per heavy atom. The number of aliphatic carboxylic acids is 1. The van der Waals surface area contributed by atoms with Crippen molar-refractivity contribution in [2.75, 3.05) is 0 Å². The molecule has 0 amide bonds. The number of rotatable bonds is 0. The molecule has 0 unspecified atom stereocenters. The summed E-state index contributed by atoms with van der Waals surface area (Å²) in [6, 6.07) is 0. The van der Waals surface area contributed by atoms with E-state index in [2.05, 4.69) is 0 Å². The van der Waals surface area contributed by atoms with Crippen LogP contribution in [0.4, 0.5) is 0 Å². The van der Waals surface area contributed by atoms with Gasteiger partial charge in [-0.2, -0.15) is 0 Å². The summed E-state index contributed by atoms with van der Waals surface area (Å²) in [5.41, 5.74) is 0. The summed E-state index contributed by atoms with van der Waals surface area (Å²) in [5, 5.41) is 9.00. The second kappa shape index (κ2) is 32.5. The minimum Gasteiger partial charge on any atom is -0.870 e. The molecule has 0 rings (SSSR count). The summed E-state index contributed by atoms with van der Waals surface area (Å²) in [6.45, 7) is 1.08. The van der Waals surface area contributed by atoms with Gasteiger partial charge in [0.05, 0.1) is 0 Å².